The molecule has 4 heteroatoms. The summed E-state index contributed by atoms with van der Waals surface area (Å²) < 4.78 is 2.23. The number of piperidine rings is 1. The van der Waals surface area contributed by atoms with Crippen LogP contribution in [-0.2, 0) is 7.05 Å². The van der Waals surface area contributed by atoms with Gasteiger partial charge in [0, 0.05) is 19.2 Å². The van der Waals surface area contributed by atoms with Crippen molar-refractivity contribution in [2.45, 2.75) is 32.2 Å². The van der Waals surface area contributed by atoms with Gasteiger partial charge in [-0.15, -0.1) is 0 Å². The van der Waals surface area contributed by atoms with Crippen LogP contribution in [0.4, 0.5) is 0 Å². The number of benzene rings is 1. The Morgan fingerprint density at radius 2 is 1.82 bits per heavy atom. The molecule has 1 saturated heterocycles. The summed E-state index contributed by atoms with van der Waals surface area (Å²) in [6.45, 7) is 5.04. The van der Waals surface area contributed by atoms with Crippen molar-refractivity contribution >= 4 is 0 Å². The minimum atomic E-state index is 0.273. The fraction of sp³-hybridized carbons (Fsp3) is 0.500. The van der Waals surface area contributed by atoms with Crippen LogP contribution in [0, 0.1) is 6.92 Å². The second-order valence-electron chi connectivity index (χ2n) is 6.18. The van der Waals surface area contributed by atoms with E-state index in [9.17, 15) is 0 Å². The third kappa shape index (κ3) is 2.81. The van der Waals surface area contributed by atoms with E-state index in [0.717, 1.165) is 30.2 Å². The highest BCUT2D eigenvalue weighted by molar-refractivity contribution is 5.56. The van der Waals surface area contributed by atoms with E-state index in [-0.39, 0.29) is 6.04 Å². The van der Waals surface area contributed by atoms with Crippen LogP contribution in [-0.4, -0.2) is 34.1 Å². The van der Waals surface area contributed by atoms with Gasteiger partial charge in [0.25, 0.3) is 0 Å². The summed E-state index contributed by atoms with van der Waals surface area (Å²) in [4.78, 5) is 7.35. The van der Waals surface area contributed by atoms with Crippen LogP contribution in [0.2, 0.25) is 0 Å². The number of imidazole rings is 1. The molecule has 4 nitrogen and oxygen atoms in total. The smallest absolute Gasteiger partial charge is 0.140 e. The van der Waals surface area contributed by atoms with Gasteiger partial charge in [-0.1, -0.05) is 36.8 Å². The Bertz CT molecular complexity index is 612. The monoisotopic (exact) mass is 298 g/mol. The van der Waals surface area contributed by atoms with E-state index >= 15 is 0 Å². The maximum absolute atomic E-state index is 6.14. The maximum atomic E-state index is 6.14. The summed E-state index contributed by atoms with van der Waals surface area (Å²) >= 11 is 0. The summed E-state index contributed by atoms with van der Waals surface area (Å²) in [7, 11) is 2.12. The van der Waals surface area contributed by atoms with Crippen LogP contribution < -0.4 is 5.73 Å². The van der Waals surface area contributed by atoms with Gasteiger partial charge >= 0.3 is 0 Å². The van der Waals surface area contributed by atoms with Gasteiger partial charge in [0.2, 0.25) is 0 Å². The molecule has 0 saturated carbocycles. The first-order valence-electron chi connectivity index (χ1n) is 8.25. The molecule has 2 aromatic rings. The van der Waals surface area contributed by atoms with E-state index in [1.165, 1.54) is 25.0 Å². The SMILES string of the molecule is Cc1nc(-c2ccccc2)n(C)c1C(CN)N1CCCCC1. The third-order valence-electron chi connectivity index (χ3n) is 4.73. The van der Waals surface area contributed by atoms with Gasteiger partial charge in [-0.3, -0.25) is 4.90 Å². The number of rotatable bonds is 4. The first-order chi connectivity index (χ1) is 10.7. The molecule has 22 heavy (non-hydrogen) atoms. The third-order valence-corrected chi connectivity index (χ3v) is 4.73. The molecule has 1 atom stereocenters. The van der Waals surface area contributed by atoms with Gasteiger partial charge in [-0.2, -0.15) is 0 Å². The standard InChI is InChI=1S/C18H26N4/c1-14-17(16(13-19)22-11-7-4-8-12-22)21(2)18(20-14)15-9-5-3-6-10-15/h3,5-6,9-10,16H,4,7-8,11-13,19H2,1-2H3. The highest BCUT2D eigenvalue weighted by atomic mass is 15.2. The minimum Gasteiger partial charge on any atom is -0.329 e. The van der Waals surface area contributed by atoms with Gasteiger partial charge < -0.3 is 10.3 Å². The lowest BCUT2D eigenvalue weighted by atomic mass is 10.0. The molecule has 1 aromatic carbocycles. The lowest BCUT2D eigenvalue weighted by Gasteiger charge is -2.34. The maximum Gasteiger partial charge on any atom is 0.140 e. The van der Waals surface area contributed by atoms with Gasteiger partial charge in [0.15, 0.2) is 0 Å². The van der Waals surface area contributed by atoms with Gasteiger partial charge in [0.1, 0.15) is 5.82 Å². The molecule has 1 unspecified atom stereocenters. The molecule has 0 radical (unpaired) electrons. The summed E-state index contributed by atoms with van der Waals surface area (Å²) in [5.41, 5.74) is 9.67. The van der Waals surface area contributed by atoms with Crippen molar-refractivity contribution in [3.8, 4) is 11.4 Å². The van der Waals surface area contributed by atoms with Gasteiger partial charge in [-0.05, 0) is 32.9 Å². The van der Waals surface area contributed by atoms with Crippen molar-refractivity contribution in [1.29, 1.82) is 0 Å². The summed E-state index contributed by atoms with van der Waals surface area (Å²) in [6.07, 6.45) is 3.89. The normalized spacial score (nSPS) is 17.6. The quantitative estimate of drug-likeness (QED) is 0.944. The zero-order chi connectivity index (χ0) is 15.5. The topological polar surface area (TPSA) is 47.1 Å². The van der Waals surface area contributed by atoms with E-state index < -0.39 is 0 Å². The fourth-order valence-electron chi connectivity index (χ4n) is 3.62. The van der Waals surface area contributed by atoms with Crippen LogP contribution in [0.1, 0.15) is 36.7 Å². The number of aryl methyl sites for hydroxylation is 1. The van der Waals surface area contributed by atoms with E-state index in [1.54, 1.807) is 0 Å². The molecular formula is C18H26N4. The van der Waals surface area contributed by atoms with Crippen molar-refractivity contribution in [1.82, 2.24) is 14.5 Å². The second kappa shape index (κ2) is 6.63. The predicted molar refractivity (Wildman–Crippen MR) is 90.6 cm³/mol. The molecule has 0 amide bonds. The lowest BCUT2D eigenvalue weighted by Crippen LogP contribution is -2.38. The highest BCUT2D eigenvalue weighted by Gasteiger charge is 2.26. The lowest BCUT2D eigenvalue weighted by molar-refractivity contribution is 0.162. The molecule has 1 aliphatic rings. The van der Waals surface area contributed by atoms with Crippen molar-refractivity contribution in [3.63, 3.8) is 0 Å². The molecular weight excluding hydrogens is 272 g/mol. The molecule has 1 fully saturated rings. The van der Waals surface area contributed by atoms with E-state index in [2.05, 4.69) is 47.7 Å². The number of aromatic nitrogens is 2. The molecule has 118 valence electrons. The molecule has 0 spiro atoms. The number of likely N-dealkylation sites (tertiary alicyclic amines) is 1. The summed E-state index contributed by atoms with van der Waals surface area (Å²) in [5, 5.41) is 0. The molecule has 1 aromatic heterocycles. The van der Waals surface area contributed by atoms with Crippen molar-refractivity contribution in [3.05, 3.63) is 41.7 Å². The average Bonchev–Trinajstić information content (AvgIpc) is 2.86. The minimum absolute atomic E-state index is 0.273. The predicted octanol–water partition coefficient (Wildman–Crippen LogP) is 2.88. The van der Waals surface area contributed by atoms with Gasteiger partial charge in [0.05, 0.1) is 17.4 Å². The second-order valence-corrected chi connectivity index (χ2v) is 6.18. The molecule has 2 N–H and O–H groups in total. The van der Waals surface area contributed by atoms with Crippen molar-refractivity contribution < 1.29 is 0 Å². The van der Waals surface area contributed by atoms with Crippen LogP contribution in [0.3, 0.4) is 0 Å². The Hall–Kier alpha value is -1.65. The van der Waals surface area contributed by atoms with E-state index in [4.69, 9.17) is 10.7 Å². The van der Waals surface area contributed by atoms with Crippen molar-refractivity contribution in [2.24, 2.45) is 12.8 Å². The zero-order valence-electron chi connectivity index (χ0n) is 13.6. The Morgan fingerprint density at radius 1 is 1.14 bits per heavy atom. The highest BCUT2D eigenvalue weighted by Crippen LogP contribution is 2.29. The number of nitrogens with two attached hydrogens (primary N) is 1. The number of hydrogen-bond acceptors (Lipinski definition) is 3. The Morgan fingerprint density at radius 3 is 2.45 bits per heavy atom. The Labute approximate surface area is 133 Å². The average molecular weight is 298 g/mol. The first-order valence-corrected chi connectivity index (χ1v) is 8.25. The first kappa shape index (κ1) is 15.3. The van der Waals surface area contributed by atoms with E-state index in [0.29, 0.717) is 6.54 Å². The molecule has 0 aliphatic carbocycles. The molecule has 0 bridgehead atoms. The largest absolute Gasteiger partial charge is 0.329 e. The molecule has 3 rings (SSSR count). The van der Waals surface area contributed by atoms with Gasteiger partial charge in [-0.25, -0.2) is 4.98 Å². The Kier molecular flexibility index (Phi) is 4.60. The molecule has 1 aliphatic heterocycles. The van der Waals surface area contributed by atoms with Crippen LogP contribution in [0.15, 0.2) is 30.3 Å². The van der Waals surface area contributed by atoms with Crippen LogP contribution in [0.5, 0.6) is 0 Å². The molecule has 2 heterocycles. The Balaban J connectivity index is 1.97. The van der Waals surface area contributed by atoms with Crippen molar-refractivity contribution in [2.75, 3.05) is 19.6 Å². The zero-order valence-corrected chi connectivity index (χ0v) is 13.6. The summed E-state index contributed by atoms with van der Waals surface area (Å²) in [6, 6.07) is 10.7. The summed E-state index contributed by atoms with van der Waals surface area (Å²) in [5.74, 6) is 1.03. The number of nitrogens with zero attached hydrogens (tertiary/aromatic N) is 3. The van der Waals surface area contributed by atoms with Crippen LogP contribution in [0.25, 0.3) is 11.4 Å². The number of hydrogen-bond donors (Lipinski definition) is 1. The fourth-order valence-corrected chi connectivity index (χ4v) is 3.62. The van der Waals surface area contributed by atoms with Crippen LogP contribution >= 0.6 is 0 Å². The van der Waals surface area contributed by atoms with E-state index in [1.807, 2.05) is 6.07 Å².